The van der Waals surface area contributed by atoms with Crippen LogP contribution in [0.1, 0.15) is 26.7 Å². The predicted octanol–water partition coefficient (Wildman–Crippen LogP) is 1.16. The third kappa shape index (κ3) is 2.97. The van der Waals surface area contributed by atoms with Crippen molar-refractivity contribution in [2.24, 2.45) is 0 Å². The molecule has 0 spiro atoms. The lowest BCUT2D eigenvalue weighted by Crippen LogP contribution is -2.42. The number of hydrogen-bond donors (Lipinski definition) is 2. The standard InChI is InChI=1S/C14H11ClN6O2/c1-8-6-7-16-14-17-11(20-21(8)14)13(23)19-18-12(22)9-4-2-3-5-10(9)15/h2-7H,1H3,(H,18,22)(H,19,23). The zero-order valence-corrected chi connectivity index (χ0v) is 12.7. The zero-order chi connectivity index (χ0) is 16.4. The minimum atomic E-state index is -0.657. The van der Waals surface area contributed by atoms with Crippen LogP contribution in [0.3, 0.4) is 0 Å². The van der Waals surface area contributed by atoms with Crippen molar-refractivity contribution in [1.82, 2.24) is 30.4 Å². The van der Waals surface area contributed by atoms with E-state index < -0.39 is 11.8 Å². The lowest BCUT2D eigenvalue weighted by atomic mass is 10.2. The summed E-state index contributed by atoms with van der Waals surface area (Å²) in [7, 11) is 0. The normalized spacial score (nSPS) is 10.5. The van der Waals surface area contributed by atoms with Crippen LogP contribution in [0.5, 0.6) is 0 Å². The van der Waals surface area contributed by atoms with E-state index in [1.54, 1.807) is 36.5 Å². The number of rotatable bonds is 2. The lowest BCUT2D eigenvalue weighted by Gasteiger charge is -2.06. The Labute approximate surface area is 135 Å². The summed E-state index contributed by atoms with van der Waals surface area (Å²) >= 11 is 5.91. The molecule has 2 aromatic heterocycles. The highest BCUT2D eigenvalue weighted by Crippen LogP contribution is 2.14. The summed E-state index contributed by atoms with van der Waals surface area (Å²) in [5.74, 6) is -1.00. The monoisotopic (exact) mass is 330 g/mol. The van der Waals surface area contributed by atoms with Crippen molar-refractivity contribution >= 4 is 29.2 Å². The van der Waals surface area contributed by atoms with Crippen LogP contribution in [-0.4, -0.2) is 31.4 Å². The van der Waals surface area contributed by atoms with Crippen LogP contribution in [0.4, 0.5) is 0 Å². The minimum Gasteiger partial charge on any atom is -0.267 e. The molecule has 1 aromatic carbocycles. The summed E-state index contributed by atoms with van der Waals surface area (Å²) in [4.78, 5) is 32.0. The summed E-state index contributed by atoms with van der Waals surface area (Å²) in [6.45, 7) is 1.81. The first-order chi connectivity index (χ1) is 11.1. The fourth-order valence-electron chi connectivity index (χ4n) is 1.88. The molecule has 0 aliphatic rings. The van der Waals surface area contributed by atoms with Crippen LogP contribution in [0, 0.1) is 6.92 Å². The van der Waals surface area contributed by atoms with Crippen LogP contribution in [0.25, 0.3) is 5.78 Å². The van der Waals surface area contributed by atoms with E-state index in [9.17, 15) is 9.59 Å². The van der Waals surface area contributed by atoms with E-state index >= 15 is 0 Å². The van der Waals surface area contributed by atoms with Gasteiger partial charge in [-0.05, 0) is 25.1 Å². The number of benzene rings is 1. The van der Waals surface area contributed by atoms with E-state index in [0.717, 1.165) is 5.69 Å². The van der Waals surface area contributed by atoms with Gasteiger partial charge in [-0.15, -0.1) is 5.10 Å². The van der Waals surface area contributed by atoms with Gasteiger partial charge in [-0.2, -0.15) is 4.98 Å². The molecular weight excluding hydrogens is 320 g/mol. The number of nitrogens with zero attached hydrogens (tertiary/aromatic N) is 4. The number of halogens is 1. The molecular formula is C14H11ClN6O2. The van der Waals surface area contributed by atoms with Crippen molar-refractivity contribution in [2.75, 3.05) is 0 Å². The first-order valence-electron chi connectivity index (χ1n) is 6.60. The topological polar surface area (TPSA) is 101 Å². The van der Waals surface area contributed by atoms with Gasteiger partial charge in [0.05, 0.1) is 10.6 Å². The van der Waals surface area contributed by atoms with E-state index in [1.807, 2.05) is 6.92 Å². The highest BCUT2D eigenvalue weighted by atomic mass is 35.5. The molecule has 0 bridgehead atoms. The Morgan fingerprint density at radius 1 is 1.13 bits per heavy atom. The van der Waals surface area contributed by atoms with E-state index in [1.165, 1.54) is 4.52 Å². The molecule has 2 heterocycles. The van der Waals surface area contributed by atoms with Gasteiger partial charge in [-0.25, -0.2) is 9.50 Å². The first-order valence-corrected chi connectivity index (χ1v) is 6.97. The number of hydrazine groups is 1. The molecule has 3 rings (SSSR count). The van der Waals surface area contributed by atoms with Crippen molar-refractivity contribution in [2.45, 2.75) is 6.92 Å². The van der Waals surface area contributed by atoms with Crippen molar-refractivity contribution < 1.29 is 9.59 Å². The van der Waals surface area contributed by atoms with Crippen LogP contribution < -0.4 is 10.9 Å². The van der Waals surface area contributed by atoms with Crippen LogP contribution >= 0.6 is 11.6 Å². The molecule has 0 atom stereocenters. The molecule has 23 heavy (non-hydrogen) atoms. The Balaban J connectivity index is 1.73. The Kier molecular flexibility index (Phi) is 3.90. The molecule has 0 saturated carbocycles. The Hall–Kier alpha value is -3.00. The third-order valence-corrected chi connectivity index (χ3v) is 3.37. The van der Waals surface area contributed by atoms with Gasteiger partial charge in [0.1, 0.15) is 0 Å². The predicted molar refractivity (Wildman–Crippen MR) is 81.9 cm³/mol. The molecule has 0 aliphatic carbocycles. The summed E-state index contributed by atoms with van der Waals surface area (Å²) in [6, 6.07) is 8.23. The van der Waals surface area contributed by atoms with E-state index in [4.69, 9.17) is 11.6 Å². The minimum absolute atomic E-state index is 0.105. The second kappa shape index (κ2) is 6.01. The van der Waals surface area contributed by atoms with Gasteiger partial charge in [-0.3, -0.25) is 20.4 Å². The molecule has 0 saturated heterocycles. The van der Waals surface area contributed by atoms with Crippen molar-refractivity contribution in [3.8, 4) is 0 Å². The summed E-state index contributed by atoms with van der Waals surface area (Å²) in [5, 5.41) is 4.32. The highest BCUT2D eigenvalue weighted by molar-refractivity contribution is 6.33. The van der Waals surface area contributed by atoms with Gasteiger partial charge >= 0.3 is 5.91 Å². The molecule has 9 heteroatoms. The SMILES string of the molecule is Cc1ccnc2nc(C(=O)NNC(=O)c3ccccc3Cl)nn12. The zero-order valence-electron chi connectivity index (χ0n) is 11.9. The number of fused-ring (bicyclic) bond motifs is 1. The second-order valence-corrected chi connectivity index (χ2v) is 5.03. The summed E-state index contributed by atoms with van der Waals surface area (Å²) in [6.07, 6.45) is 1.57. The van der Waals surface area contributed by atoms with Gasteiger partial charge in [0.2, 0.25) is 5.82 Å². The van der Waals surface area contributed by atoms with E-state index in [2.05, 4.69) is 25.9 Å². The number of hydrogen-bond acceptors (Lipinski definition) is 5. The number of aryl methyl sites for hydroxylation is 1. The fraction of sp³-hybridized carbons (Fsp3) is 0.0714. The van der Waals surface area contributed by atoms with Crippen molar-refractivity contribution in [3.63, 3.8) is 0 Å². The van der Waals surface area contributed by atoms with E-state index in [-0.39, 0.29) is 16.4 Å². The molecule has 0 radical (unpaired) electrons. The Bertz CT molecular complexity index is 907. The lowest BCUT2D eigenvalue weighted by molar-refractivity contribution is 0.0841. The molecule has 0 fully saturated rings. The Morgan fingerprint density at radius 2 is 1.87 bits per heavy atom. The number of carbonyl (C=O) groups excluding carboxylic acids is 2. The maximum atomic E-state index is 12.0. The van der Waals surface area contributed by atoms with Crippen molar-refractivity contribution in [1.29, 1.82) is 0 Å². The smallest absolute Gasteiger partial charge is 0.267 e. The van der Waals surface area contributed by atoms with Crippen LogP contribution in [-0.2, 0) is 0 Å². The highest BCUT2D eigenvalue weighted by Gasteiger charge is 2.16. The quantitative estimate of drug-likeness (QED) is 0.687. The largest absolute Gasteiger partial charge is 0.309 e. The number of nitrogens with one attached hydrogen (secondary N) is 2. The third-order valence-electron chi connectivity index (χ3n) is 3.04. The molecule has 2 N–H and O–H groups in total. The maximum absolute atomic E-state index is 12.0. The Morgan fingerprint density at radius 3 is 2.61 bits per heavy atom. The molecule has 0 unspecified atom stereocenters. The van der Waals surface area contributed by atoms with Crippen molar-refractivity contribution in [3.05, 3.63) is 58.6 Å². The van der Waals surface area contributed by atoms with Crippen LogP contribution in [0.15, 0.2) is 36.5 Å². The fourth-order valence-corrected chi connectivity index (χ4v) is 2.11. The summed E-state index contributed by atoms with van der Waals surface area (Å²) < 4.78 is 1.44. The molecule has 8 nitrogen and oxygen atoms in total. The molecule has 0 aliphatic heterocycles. The van der Waals surface area contributed by atoms with E-state index in [0.29, 0.717) is 5.78 Å². The van der Waals surface area contributed by atoms with Gasteiger partial charge in [0.15, 0.2) is 0 Å². The second-order valence-electron chi connectivity index (χ2n) is 4.62. The number of aromatic nitrogens is 4. The van der Waals surface area contributed by atoms with Gasteiger partial charge in [0, 0.05) is 11.9 Å². The summed E-state index contributed by atoms with van der Waals surface area (Å²) in [5.41, 5.74) is 5.53. The van der Waals surface area contributed by atoms with Gasteiger partial charge in [0.25, 0.3) is 11.7 Å². The number of carbonyl (C=O) groups is 2. The molecule has 2 amide bonds. The molecule has 3 aromatic rings. The average molecular weight is 331 g/mol. The average Bonchev–Trinajstić information content (AvgIpc) is 2.98. The molecule has 116 valence electrons. The first kappa shape index (κ1) is 14.9. The maximum Gasteiger partial charge on any atom is 0.309 e. The van der Waals surface area contributed by atoms with Gasteiger partial charge < -0.3 is 0 Å². The van der Waals surface area contributed by atoms with Gasteiger partial charge in [-0.1, -0.05) is 23.7 Å². The van der Waals surface area contributed by atoms with Crippen LogP contribution in [0.2, 0.25) is 5.02 Å². The number of amides is 2.